The van der Waals surface area contributed by atoms with Crippen LogP contribution in [0, 0.1) is 0 Å². The van der Waals surface area contributed by atoms with Crippen LogP contribution in [0.5, 0.6) is 5.75 Å². The Morgan fingerprint density at radius 3 is 2.38 bits per heavy atom. The SMILES string of the molecule is CCOc1cccc2ccc[c]([Al]([CH3])[CH3])c12. The van der Waals surface area contributed by atoms with E-state index in [1.54, 1.807) is 0 Å². The van der Waals surface area contributed by atoms with Crippen LogP contribution in [0.4, 0.5) is 0 Å². The van der Waals surface area contributed by atoms with E-state index >= 15 is 0 Å². The Bertz CT molecular complexity index is 486. The molecule has 0 aromatic heterocycles. The summed E-state index contributed by atoms with van der Waals surface area (Å²) < 4.78 is 7.23. The van der Waals surface area contributed by atoms with Crippen LogP contribution in [0.25, 0.3) is 10.8 Å². The standard InChI is InChI=1S/C12H11O.2CH3.Al/c1-2-13-12-9-5-7-10-6-3-4-8-11(10)12;;;/h3-7,9H,2H2,1H3;2*1H3;. The Morgan fingerprint density at radius 2 is 1.75 bits per heavy atom. The van der Waals surface area contributed by atoms with Crippen LogP contribution >= 0.6 is 0 Å². The smallest absolute Gasteiger partial charge is 0.300 e. The van der Waals surface area contributed by atoms with E-state index in [1.165, 1.54) is 15.2 Å². The van der Waals surface area contributed by atoms with E-state index in [1.807, 2.05) is 6.92 Å². The van der Waals surface area contributed by atoms with Crippen LogP contribution < -0.4 is 9.16 Å². The number of rotatable bonds is 3. The summed E-state index contributed by atoms with van der Waals surface area (Å²) >= 11 is -0.812. The van der Waals surface area contributed by atoms with Crippen LogP contribution in [-0.4, -0.2) is 20.8 Å². The highest BCUT2D eigenvalue weighted by atomic mass is 27.2. The summed E-state index contributed by atoms with van der Waals surface area (Å²) in [5, 5.41) is 2.62. The third-order valence-electron chi connectivity index (χ3n) is 2.82. The van der Waals surface area contributed by atoms with E-state index in [0.29, 0.717) is 0 Å². The zero-order valence-corrected chi connectivity index (χ0v) is 11.3. The van der Waals surface area contributed by atoms with Crippen LogP contribution in [0.15, 0.2) is 36.4 Å². The molecule has 2 aromatic rings. The van der Waals surface area contributed by atoms with Gasteiger partial charge in [-0.1, -0.05) is 34.8 Å². The maximum absolute atomic E-state index is 5.73. The molecule has 0 aliphatic heterocycles. The molecule has 16 heavy (non-hydrogen) atoms. The van der Waals surface area contributed by atoms with Crippen LogP contribution in [0.3, 0.4) is 0 Å². The second-order valence-electron chi connectivity index (χ2n) is 4.29. The highest BCUT2D eigenvalue weighted by Gasteiger charge is 2.12. The Balaban J connectivity index is 2.71. The minimum atomic E-state index is -0.812. The average molecular weight is 228 g/mol. The van der Waals surface area contributed by atoms with E-state index in [0.717, 1.165) is 12.4 Å². The molecule has 0 spiro atoms. The Morgan fingerprint density at radius 1 is 1.06 bits per heavy atom. The Labute approximate surface area is 101 Å². The van der Waals surface area contributed by atoms with Crippen LogP contribution in [-0.2, 0) is 0 Å². The number of ether oxygens (including phenoxy) is 1. The first-order valence-electron chi connectivity index (χ1n) is 5.88. The quantitative estimate of drug-likeness (QED) is 0.733. The molecular formula is C14H17AlO. The van der Waals surface area contributed by atoms with Gasteiger partial charge in [0.05, 0.1) is 6.61 Å². The molecule has 1 nitrogen and oxygen atoms in total. The molecule has 0 aliphatic rings. The highest BCUT2D eigenvalue weighted by molar-refractivity contribution is 6.73. The minimum absolute atomic E-state index is 0.729. The summed E-state index contributed by atoms with van der Waals surface area (Å²) in [6.07, 6.45) is 0. The van der Waals surface area contributed by atoms with Gasteiger partial charge >= 0.3 is 14.1 Å². The van der Waals surface area contributed by atoms with Gasteiger partial charge in [0.25, 0.3) is 0 Å². The van der Waals surface area contributed by atoms with Crippen LogP contribution in [0.2, 0.25) is 11.6 Å². The van der Waals surface area contributed by atoms with E-state index in [-0.39, 0.29) is 0 Å². The summed E-state index contributed by atoms with van der Waals surface area (Å²) in [5.41, 5.74) is 0. The number of fused-ring (bicyclic) bond motifs is 1. The molecule has 0 radical (unpaired) electrons. The molecule has 2 aromatic carbocycles. The molecule has 0 amide bonds. The second kappa shape index (κ2) is 4.91. The van der Waals surface area contributed by atoms with Gasteiger partial charge in [0.2, 0.25) is 0 Å². The molecule has 0 saturated carbocycles. The van der Waals surface area contributed by atoms with Crippen molar-refractivity contribution in [2.75, 3.05) is 6.61 Å². The molecular weight excluding hydrogens is 211 g/mol. The largest absolute Gasteiger partial charge is 0.493 e. The Kier molecular flexibility index (Phi) is 3.53. The van der Waals surface area contributed by atoms with E-state index < -0.39 is 14.1 Å². The first-order chi connectivity index (χ1) is 7.74. The fourth-order valence-electron chi connectivity index (χ4n) is 2.09. The summed E-state index contributed by atoms with van der Waals surface area (Å²) in [5.74, 6) is 5.76. The van der Waals surface area contributed by atoms with Gasteiger partial charge in [0.15, 0.2) is 0 Å². The van der Waals surface area contributed by atoms with Gasteiger partial charge < -0.3 is 4.74 Å². The molecule has 0 atom stereocenters. The molecule has 0 fully saturated rings. The summed E-state index contributed by atoms with van der Waals surface area (Å²) in [6.45, 7) is 2.77. The number of hydrogen-bond acceptors (Lipinski definition) is 1. The lowest BCUT2D eigenvalue weighted by molar-refractivity contribution is 0.344. The van der Waals surface area contributed by atoms with Gasteiger partial charge in [0.1, 0.15) is 5.75 Å². The van der Waals surface area contributed by atoms with E-state index in [4.69, 9.17) is 4.74 Å². The molecule has 2 rings (SSSR count). The molecule has 0 unspecified atom stereocenters. The van der Waals surface area contributed by atoms with Crippen molar-refractivity contribution in [1.82, 2.24) is 0 Å². The number of hydrogen-bond donors (Lipinski definition) is 0. The van der Waals surface area contributed by atoms with Gasteiger partial charge in [0, 0.05) is 5.39 Å². The predicted molar refractivity (Wildman–Crippen MR) is 72.2 cm³/mol. The average Bonchev–Trinajstić information content (AvgIpc) is 2.29. The Hall–Kier alpha value is -0.968. The molecule has 0 aliphatic carbocycles. The second-order valence-corrected chi connectivity index (χ2v) is 7.22. The predicted octanol–water partition coefficient (Wildman–Crippen LogP) is 3.20. The lowest BCUT2D eigenvalue weighted by Crippen LogP contribution is -2.23. The first kappa shape index (κ1) is 11.5. The van der Waals surface area contributed by atoms with Crippen molar-refractivity contribution in [3.63, 3.8) is 0 Å². The van der Waals surface area contributed by atoms with Crippen molar-refractivity contribution < 1.29 is 4.74 Å². The third-order valence-corrected chi connectivity index (χ3v) is 4.55. The van der Waals surface area contributed by atoms with Gasteiger partial charge in [-0.2, -0.15) is 0 Å². The van der Waals surface area contributed by atoms with Crippen molar-refractivity contribution >= 4 is 29.3 Å². The monoisotopic (exact) mass is 228 g/mol. The fourth-order valence-corrected chi connectivity index (χ4v) is 3.47. The zero-order chi connectivity index (χ0) is 11.5. The lowest BCUT2D eigenvalue weighted by atomic mass is 10.1. The fraction of sp³-hybridized carbons (Fsp3) is 0.286. The van der Waals surface area contributed by atoms with Crippen molar-refractivity contribution in [1.29, 1.82) is 0 Å². The zero-order valence-electron chi connectivity index (χ0n) is 10.2. The van der Waals surface area contributed by atoms with Gasteiger partial charge in [-0.3, -0.25) is 0 Å². The molecule has 82 valence electrons. The van der Waals surface area contributed by atoms with Crippen molar-refractivity contribution in [2.45, 2.75) is 18.5 Å². The summed E-state index contributed by atoms with van der Waals surface area (Å²) in [6, 6.07) is 12.9. The molecule has 0 heterocycles. The minimum Gasteiger partial charge on any atom is -0.493 e. The maximum atomic E-state index is 5.73. The van der Waals surface area contributed by atoms with Gasteiger partial charge in [-0.15, -0.1) is 11.6 Å². The molecule has 2 heteroatoms. The van der Waals surface area contributed by atoms with Crippen molar-refractivity contribution in [2.24, 2.45) is 0 Å². The van der Waals surface area contributed by atoms with Gasteiger partial charge in [-0.25, -0.2) is 0 Å². The van der Waals surface area contributed by atoms with Crippen molar-refractivity contribution in [3.05, 3.63) is 36.4 Å². The topological polar surface area (TPSA) is 9.23 Å². The lowest BCUT2D eigenvalue weighted by Gasteiger charge is -2.12. The normalized spacial score (nSPS) is 10.4. The number of benzene rings is 2. The highest BCUT2D eigenvalue weighted by Crippen LogP contribution is 2.24. The summed E-state index contributed by atoms with van der Waals surface area (Å²) in [7, 11) is 0. The first-order valence-corrected chi connectivity index (χ1v) is 8.77. The molecule has 0 bridgehead atoms. The summed E-state index contributed by atoms with van der Waals surface area (Å²) in [4.78, 5) is 0. The molecule has 0 N–H and O–H groups in total. The molecule has 0 saturated heterocycles. The van der Waals surface area contributed by atoms with Crippen LogP contribution in [0.1, 0.15) is 6.92 Å². The third kappa shape index (κ3) is 2.09. The van der Waals surface area contributed by atoms with E-state index in [2.05, 4.69) is 48.0 Å². The van der Waals surface area contributed by atoms with Crippen molar-refractivity contribution in [3.8, 4) is 5.75 Å². The van der Waals surface area contributed by atoms with Gasteiger partial charge in [-0.05, 0) is 18.4 Å². The maximum Gasteiger partial charge on any atom is 0.300 e. The van der Waals surface area contributed by atoms with E-state index in [9.17, 15) is 0 Å².